The van der Waals surface area contributed by atoms with Crippen molar-refractivity contribution >= 4 is 5.91 Å². The van der Waals surface area contributed by atoms with E-state index >= 15 is 0 Å². The van der Waals surface area contributed by atoms with Crippen LogP contribution in [0.25, 0.3) is 0 Å². The van der Waals surface area contributed by atoms with E-state index in [1.54, 1.807) is 22.0 Å². The monoisotopic (exact) mass is 324 g/mol. The second kappa shape index (κ2) is 6.02. The lowest BCUT2D eigenvalue weighted by atomic mass is 10.0. The van der Waals surface area contributed by atoms with Crippen LogP contribution in [0.4, 0.5) is 13.2 Å². The first-order chi connectivity index (χ1) is 10.9. The fourth-order valence-corrected chi connectivity index (χ4v) is 2.73. The SMILES string of the molecule is O=C(c1ccc(C(F)(F)F)cc1)N1CCC(n2ccnn2)CC1. The van der Waals surface area contributed by atoms with E-state index in [4.69, 9.17) is 0 Å². The van der Waals surface area contributed by atoms with Crippen LogP contribution >= 0.6 is 0 Å². The van der Waals surface area contributed by atoms with E-state index in [0.29, 0.717) is 13.1 Å². The zero-order valence-corrected chi connectivity index (χ0v) is 12.2. The number of rotatable bonds is 2. The summed E-state index contributed by atoms with van der Waals surface area (Å²) < 4.78 is 39.4. The Balaban J connectivity index is 1.63. The molecule has 0 bridgehead atoms. The maximum absolute atomic E-state index is 12.5. The number of benzene rings is 1. The molecule has 0 atom stereocenters. The summed E-state index contributed by atoms with van der Waals surface area (Å²) >= 11 is 0. The first kappa shape index (κ1) is 15.5. The smallest absolute Gasteiger partial charge is 0.338 e. The molecular weight excluding hydrogens is 309 g/mol. The Hall–Kier alpha value is -2.38. The Kier molecular flexibility index (Phi) is 4.06. The molecule has 0 saturated carbocycles. The van der Waals surface area contributed by atoms with E-state index in [2.05, 4.69) is 10.3 Å². The number of amides is 1. The van der Waals surface area contributed by atoms with Crippen molar-refractivity contribution in [1.82, 2.24) is 19.9 Å². The van der Waals surface area contributed by atoms with Crippen molar-refractivity contribution in [2.24, 2.45) is 0 Å². The van der Waals surface area contributed by atoms with Gasteiger partial charge in [0.2, 0.25) is 0 Å². The highest BCUT2D eigenvalue weighted by molar-refractivity contribution is 5.94. The first-order valence-corrected chi connectivity index (χ1v) is 7.27. The molecule has 1 fully saturated rings. The summed E-state index contributed by atoms with van der Waals surface area (Å²) in [5, 5.41) is 7.72. The lowest BCUT2D eigenvalue weighted by Gasteiger charge is -2.31. The van der Waals surface area contributed by atoms with Gasteiger partial charge in [-0.25, -0.2) is 4.68 Å². The normalized spacial score (nSPS) is 16.6. The fourth-order valence-electron chi connectivity index (χ4n) is 2.73. The largest absolute Gasteiger partial charge is 0.416 e. The number of carbonyl (C=O) groups excluding carboxylic acids is 1. The van der Waals surface area contributed by atoms with Gasteiger partial charge >= 0.3 is 6.18 Å². The quantitative estimate of drug-likeness (QED) is 0.853. The van der Waals surface area contributed by atoms with Crippen molar-refractivity contribution in [2.75, 3.05) is 13.1 Å². The summed E-state index contributed by atoms with van der Waals surface area (Å²) in [6.07, 6.45) is 0.501. The number of hydrogen-bond acceptors (Lipinski definition) is 3. The Morgan fingerprint density at radius 3 is 2.30 bits per heavy atom. The Bertz CT molecular complexity index is 659. The molecule has 23 heavy (non-hydrogen) atoms. The molecule has 0 aliphatic carbocycles. The minimum absolute atomic E-state index is 0.203. The molecular formula is C15H15F3N4O. The predicted molar refractivity (Wildman–Crippen MR) is 75.6 cm³/mol. The predicted octanol–water partition coefficient (Wildman–Crippen LogP) is 2.77. The van der Waals surface area contributed by atoms with Gasteiger partial charge in [0.25, 0.3) is 5.91 Å². The number of hydrogen-bond donors (Lipinski definition) is 0. The summed E-state index contributed by atoms with van der Waals surface area (Å²) in [7, 11) is 0. The van der Waals surface area contributed by atoms with Crippen LogP contribution in [0.1, 0.15) is 34.8 Å². The standard InChI is InChI=1S/C15H15F3N4O/c16-15(17,18)12-3-1-11(2-4-12)14(23)21-8-5-13(6-9-21)22-10-7-19-20-22/h1-4,7,10,13H,5-6,8-9H2. The van der Waals surface area contributed by atoms with E-state index in [9.17, 15) is 18.0 Å². The molecule has 0 radical (unpaired) electrons. The number of aromatic nitrogens is 3. The highest BCUT2D eigenvalue weighted by Gasteiger charge is 2.31. The Labute approximate surface area is 130 Å². The third kappa shape index (κ3) is 3.35. The van der Waals surface area contributed by atoms with Gasteiger partial charge in [-0.2, -0.15) is 13.2 Å². The molecule has 0 unspecified atom stereocenters. The molecule has 0 spiro atoms. The van der Waals surface area contributed by atoms with Crippen LogP contribution in [0.15, 0.2) is 36.7 Å². The van der Waals surface area contributed by atoms with Gasteiger partial charge in [0, 0.05) is 24.8 Å². The van der Waals surface area contributed by atoms with Gasteiger partial charge in [-0.1, -0.05) is 5.21 Å². The van der Waals surface area contributed by atoms with E-state index in [1.807, 2.05) is 0 Å². The minimum Gasteiger partial charge on any atom is -0.338 e. The van der Waals surface area contributed by atoms with E-state index < -0.39 is 11.7 Å². The van der Waals surface area contributed by atoms with Gasteiger partial charge in [-0.15, -0.1) is 5.10 Å². The minimum atomic E-state index is -4.39. The first-order valence-electron chi connectivity index (χ1n) is 7.27. The summed E-state index contributed by atoms with van der Waals surface area (Å²) in [6.45, 7) is 1.09. The third-order valence-corrected chi connectivity index (χ3v) is 4.03. The number of alkyl halides is 3. The molecule has 1 aromatic heterocycles. The van der Waals surface area contributed by atoms with Gasteiger partial charge in [-0.05, 0) is 37.1 Å². The maximum atomic E-state index is 12.5. The molecule has 122 valence electrons. The number of likely N-dealkylation sites (tertiary alicyclic amines) is 1. The molecule has 1 amide bonds. The highest BCUT2D eigenvalue weighted by atomic mass is 19.4. The molecule has 8 heteroatoms. The van der Waals surface area contributed by atoms with E-state index in [-0.39, 0.29) is 17.5 Å². The van der Waals surface area contributed by atoms with Gasteiger partial charge in [0.1, 0.15) is 0 Å². The highest BCUT2D eigenvalue weighted by Crippen LogP contribution is 2.29. The molecule has 2 heterocycles. The Morgan fingerprint density at radius 1 is 1.13 bits per heavy atom. The fraction of sp³-hybridized carbons (Fsp3) is 0.400. The van der Waals surface area contributed by atoms with Crippen LogP contribution in [-0.2, 0) is 6.18 Å². The summed E-state index contributed by atoms with van der Waals surface area (Å²) in [6, 6.07) is 4.54. The lowest BCUT2D eigenvalue weighted by molar-refractivity contribution is -0.137. The van der Waals surface area contributed by atoms with Crippen molar-refractivity contribution in [3.63, 3.8) is 0 Å². The molecule has 1 aliphatic rings. The van der Waals surface area contributed by atoms with Crippen LogP contribution in [-0.4, -0.2) is 38.9 Å². The molecule has 3 rings (SSSR count). The molecule has 1 aromatic carbocycles. The van der Waals surface area contributed by atoms with E-state index in [1.165, 1.54) is 12.1 Å². The van der Waals surface area contributed by atoms with Crippen LogP contribution in [0.2, 0.25) is 0 Å². The maximum Gasteiger partial charge on any atom is 0.416 e. The lowest BCUT2D eigenvalue weighted by Crippen LogP contribution is -2.39. The molecule has 1 saturated heterocycles. The molecule has 5 nitrogen and oxygen atoms in total. The second-order valence-electron chi connectivity index (χ2n) is 5.48. The summed E-state index contributed by atoms with van der Waals surface area (Å²) in [4.78, 5) is 14.0. The average molecular weight is 324 g/mol. The van der Waals surface area contributed by atoms with Gasteiger partial charge < -0.3 is 4.90 Å². The van der Waals surface area contributed by atoms with Crippen molar-refractivity contribution in [3.05, 3.63) is 47.8 Å². The number of carbonyl (C=O) groups is 1. The molecule has 0 N–H and O–H groups in total. The van der Waals surface area contributed by atoms with Crippen molar-refractivity contribution in [1.29, 1.82) is 0 Å². The van der Waals surface area contributed by atoms with Crippen LogP contribution in [0, 0.1) is 0 Å². The van der Waals surface area contributed by atoms with Crippen molar-refractivity contribution in [3.8, 4) is 0 Å². The summed E-state index contributed by atoms with van der Waals surface area (Å²) in [5.41, 5.74) is -0.476. The Morgan fingerprint density at radius 2 is 1.78 bits per heavy atom. The van der Waals surface area contributed by atoms with Crippen molar-refractivity contribution in [2.45, 2.75) is 25.1 Å². The van der Waals surface area contributed by atoms with E-state index in [0.717, 1.165) is 25.0 Å². The number of nitrogens with zero attached hydrogens (tertiary/aromatic N) is 4. The zero-order chi connectivity index (χ0) is 16.4. The van der Waals surface area contributed by atoms with Gasteiger partial charge in [0.05, 0.1) is 17.8 Å². The number of piperidine rings is 1. The van der Waals surface area contributed by atoms with Crippen LogP contribution in [0.5, 0.6) is 0 Å². The second-order valence-corrected chi connectivity index (χ2v) is 5.48. The van der Waals surface area contributed by atoms with Gasteiger partial charge in [-0.3, -0.25) is 4.79 Å². The van der Waals surface area contributed by atoms with Crippen LogP contribution in [0.3, 0.4) is 0 Å². The summed E-state index contributed by atoms with van der Waals surface area (Å²) in [5.74, 6) is -0.240. The topological polar surface area (TPSA) is 51.0 Å². The number of halogens is 3. The molecule has 2 aromatic rings. The molecule has 1 aliphatic heterocycles. The average Bonchev–Trinajstić information content (AvgIpc) is 3.08. The third-order valence-electron chi connectivity index (χ3n) is 4.03. The van der Waals surface area contributed by atoms with Crippen LogP contribution < -0.4 is 0 Å². The zero-order valence-electron chi connectivity index (χ0n) is 12.2. The van der Waals surface area contributed by atoms with Gasteiger partial charge in [0.15, 0.2) is 0 Å². The van der Waals surface area contributed by atoms with Crippen molar-refractivity contribution < 1.29 is 18.0 Å².